The van der Waals surface area contributed by atoms with E-state index in [1.165, 1.54) is 0 Å². The average Bonchev–Trinajstić information content (AvgIpc) is 3.06. The predicted octanol–water partition coefficient (Wildman–Crippen LogP) is 2.11. The molecule has 1 heterocycles. The van der Waals surface area contributed by atoms with Crippen LogP contribution < -0.4 is 4.74 Å². The van der Waals surface area contributed by atoms with Gasteiger partial charge in [0.05, 0.1) is 7.11 Å². The van der Waals surface area contributed by atoms with Gasteiger partial charge < -0.3 is 19.5 Å². The predicted molar refractivity (Wildman–Crippen MR) is 89.1 cm³/mol. The number of methoxy groups -OCH3 is 1. The lowest BCUT2D eigenvalue weighted by atomic mass is 10.0. The molecule has 1 fully saturated rings. The van der Waals surface area contributed by atoms with Crippen molar-refractivity contribution in [1.29, 1.82) is 0 Å². The summed E-state index contributed by atoms with van der Waals surface area (Å²) in [6, 6.07) is 7.78. The number of carbonyl (C=O) groups excluding carboxylic acids is 1. The molecule has 0 aromatic heterocycles. The molecule has 6 heteroatoms. The molecule has 3 atom stereocenters. The first-order valence-corrected chi connectivity index (χ1v) is 8.28. The highest BCUT2D eigenvalue weighted by molar-refractivity contribution is 5.83. The van der Waals surface area contributed by atoms with Crippen LogP contribution in [0.1, 0.15) is 32.3 Å². The van der Waals surface area contributed by atoms with Crippen LogP contribution in [0.15, 0.2) is 24.3 Å². The third-order valence-electron chi connectivity index (χ3n) is 4.42. The molecule has 1 amide bonds. The maximum Gasteiger partial charge on any atom is 0.332 e. The van der Waals surface area contributed by atoms with Gasteiger partial charge >= 0.3 is 5.97 Å². The molecule has 1 aromatic rings. The van der Waals surface area contributed by atoms with E-state index in [1.807, 2.05) is 38.1 Å². The number of amides is 1. The molecule has 1 aliphatic heterocycles. The molecule has 0 radical (unpaired) electrons. The van der Waals surface area contributed by atoms with E-state index < -0.39 is 18.2 Å². The van der Waals surface area contributed by atoms with E-state index in [-0.39, 0.29) is 11.9 Å². The lowest BCUT2D eigenvalue weighted by Gasteiger charge is -2.30. The number of likely N-dealkylation sites (N-methyl/N-ethyl adjacent to an activating group) is 1. The first kappa shape index (κ1) is 18.3. The van der Waals surface area contributed by atoms with E-state index >= 15 is 0 Å². The molecule has 1 N–H and O–H groups in total. The lowest BCUT2D eigenvalue weighted by Crippen LogP contribution is -2.45. The first-order valence-electron chi connectivity index (χ1n) is 8.28. The molecular weight excluding hydrogens is 310 g/mol. The van der Waals surface area contributed by atoms with Crippen LogP contribution in [0.25, 0.3) is 0 Å². The normalized spacial score (nSPS) is 21.3. The van der Waals surface area contributed by atoms with Crippen molar-refractivity contribution in [1.82, 2.24) is 4.90 Å². The molecule has 1 aromatic carbocycles. The van der Waals surface area contributed by atoms with Crippen LogP contribution in [0, 0.1) is 0 Å². The van der Waals surface area contributed by atoms with Crippen molar-refractivity contribution < 1.29 is 24.2 Å². The fourth-order valence-corrected chi connectivity index (χ4v) is 3.08. The summed E-state index contributed by atoms with van der Waals surface area (Å²) in [6.07, 6.45) is 0.0509. The highest BCUT2D eigenvalue weighted by atomic mass is 16.5. The second kappa shape index (κ2) is 8.15. The number of benzene rings is 1. The molecule has 2 rings (SSSR count). The minimum absolute atomic E-state index is 0.00312. The van der Waals surface area contributed by atoms with E-state index in [0.717, 1.165) is 17.7 Å². The largest absolute Gasteiger partial charge is 0.497 e. The van der Waals surface area contributed by atoms with Crippen LogP contribution in [0.4, 0.5) is 0 Å². The Morgan fingerprint density at radius 2 is 1.92 bits per heavy atom. The van der Waals surface area contributed by atoms with E-state index in [0.29, 0.717) is 19.4 Å². The average molecular weight is 335 g/mol. The van der Waals surface area contributed by atoms with Gasteiger partial charge in [-0.2, -0.15) is 0 Å². The highest BCUT2D eigenvalue weighted by Gasteiger charge is 2.37. The summed E-state index contributed by atoms with van der Waals surface area (Å²) in [5.74, 6) is -0.323. The maximum absolute atomic E-state index is 12.7. The van der Waals surface area contributed by atoms with Gasteiger partial charge in [-0.1, -0.05) is 12.1 Å². The monoisotopic (exact) mass is 335 g/mol. The fraction of sp³-hybridized carbons (Fsp3) is 0.556. The van der Waals surface area contributed by atoms with Crippen molar-refractivity contribution in [3.63, 3.8) is 0 Å². The van der Waals surface area contributed by atoms with Crippen molar-refractivity contribution in [2.45, 2.75) is 51.4 Å². The number of hydrogen-bond donors (Lipinski definition) is 1. The van der Waals surface area contributed by atoms with Gasteiger partial charge in [-0.15, -0.1) is 0 Å². The number of rotatable bonds is 7. The molecule has 1 unspecified atom stereocenters. The van der Waals surface area contributed by atoms with E-state index in [9.17, 15) is 9.59 Å². The summed E-state index contributed by atoms with van der Waals surface area (Å²) in [5, 5.41) is 9.00. The lowest BCUT2D eigenvalue weighted by molar-refractivity contribution is -0.155. The van der Waals surface area contributed by atoms with Gasteiger partial charge in [0.2, 0.25) is 0 Å². The topological polar surface area (TPSA) is 76.1 Å². The van der Waals surface area contributed by atoms with Crippen LogP contribution in [0.3, 0.4) is 0 Å². The van der Waals surface area contributed by atoms with E-state index in [1.54, 1.807) is 12.0 Å². The summed E-state index contributed by atoms with van der Waals surface area (Å²) >= 11 is 0. The van der Waals surface area contributed by atoms with Crippen LogP contribution in [-0.4, -0.2) is 53.8 Å². The number of ether oxygens (including phenoxy) is 2. The minimum atomic E-state index is -1.00. The highest BCUT2D eigenvalue weighted by Crippen LogP contribution is 2.23. The van der Waals surface area contributed by atoms with E-state index in [4.69, 9.17) is 14.6 Å². The maximum atomic E-state index is 12.7. The van der Waals surface area contributed by atoms with Crippen molar-refractivity contribution >= 4 is 11.9 Å². The van der Waals surface area contributed by atoms with Gasteiger partial charge in [-0.3, -0.25) is 4.79 Å². The summed E-state index contributed by atoms with van der Waals surface area (Å²) in [4.78, 5) is 25.4. The number of carbonyl (C=O) groups is 2. The molecule has 1 aliphatic rings. The molecule has 1 saturated heterocycles. The summed E-state index contributed by atoms with van der Waals surface area (Å²) in [7, 11) is 1.63. The van der Waals surface area contributed by atoms with Gasteiger partial charge in [-0.25, -0.2) is 4.79 Å². The first-order chi connectivity index (χ1) is 11.5. The van der Waals surface area contributed by atoms with Gasteiger partial charge in [-0.05, 0) is 50.8 Å². The number of aliphatic carboxylic acids is 1. The molecule has 24 heavy (non-hydrogen) atoms. The van der Waals surface area contributed by atoms with Gasteiger partial charge in [0.15, 0.2) is 6.10 Å². The Hall–Kier alpha value is -2.08. The number of hydrogen-bond acceptors (Lipinski definition) is 4. The number of nitrogens with zero attached hydrogens (tertiary/aromatic N) is 1. The number of carboxylic acids is 1. The smallest absolute Gasteiger partial charge is 0.332 e. The Kier molecular flexibility index (Phi) is 6.20. The molecule has 0 aliphatic carbocycles. The van der Waals surface area contributed by atoms with Gasteiger partial charge in [0.1, 0.15) is 11.9 Å². The Balaban J connectivity index is 1.98. The second-order valence-electron chi connectivity index (χ2n) is 6.05. The molecule has 0 spiro atoms. The zero-order valence-electron chi connectivity index (χ0n) is 14.4. The SMILES string of the molecule is CCN(C(=O)[C@@H]1CC[C@H](C(=O)O)O1)C(C)Cc1ccc(OC)cc1. The van der Waals surface area contributed by atoms with Crippen LogP contribution in [0.2, 0.25) is 0 Å². The zero-order valence-corrected chi connectivity index (χ0v) is 14.4. The fourth-order valence-electron chi connectivity index (χ4n) is 3.08. The van der Waals surface area contributed by atoms with Crippen molar-refractivity contribution in [3.8, 4) is 5.75 Å². The van der Waals surface area contributed by atoms with Crippen LogP contribution >= 0.6 is 0 Å². The van der Waals surface area contributed by atoms with Crippen LogP contribution in [-0.2, 0) is 20.7 Å². The van der Waals surface area contributed by atoms with Crippen molar-refractivity contribution in [2.24, 2.45) is 0 Å². The van der Waals surface area contributed by atoms with Crippen LogP contribution in [0.5, 0.6) is 5.75 Å². The summed E-state index contributed by atoms with van der Waals surface area (Å²) < 4.78 is 10.5. The zero-order chi connectivity index (χ0) is 17.7. The standard InChI is InChI=1S/C18H25NO5/c1-4-19(17(20)15-9-10-16(24-15)18(21)22)12(2)11-13-5-7-14(23-3)8-6-13/h5-8,12,15-16H,4,9-11H2,1-3H3,(H,21,22)/t12?,15-,16+/m0/s1. The van der Waals surface area contributed by atoms with Crippen molar-refractivity contribution in [3.05, 3.63) is 29.8 Å². The molecule has 0 saturated carbocycles. The molecular formula is C18H25NO5. The Labute approximate surface area is 142 Å². The van der Waals surface area contributed by atoms with Crippen molar-refractivity contribution in [2.75, 3.05) is 13.7 Å². The summed E-state index contributed by atoms with van der Waals surface area (Å²) in [6.45, 7) is 4.48. The molecule has 0 bridgehead atoms. The third kappa shape index (κ3) is 4.26. The minimum Gasteiger partial charge on any atom is -0.497 e. The Morgan fingerprint density at radius 3 is 2.42 bits per heavy atom. The Bertz CT molecular complexity index is 571. The number of carboxylic acid groups (broad SMARTS) is 1. The van der Waals surface area contributed by atoms with Gasteiger partial charge in [0, 0.05) is 12.6 Å². The quantitative estimate of drug-likeness (QED) is 0.826. The Morgan fingerprint density at radius 1 is 1.29 bits per heavy atom. The van der Waals surface area contributed by atoms with Gasteiger partial charge in [0.25, 0.3) is 5.91 Å². The van der Waals surface area contributed by atoms with E-state index in [2.05, 4.69) is 0 Å². The second-order valence-corrected chi connectivity index (χ2v) is 6.05. The molecule has 132 valence electrons. The third-order valence-corrected chi connectivity index (χ3v) is 4.42. The summed E-state index contributed by atoms with van der Waals surface area (Å²) in [5.41, 5.74) is 1.12. The molecule has 6 nitrogen and oxygen atoms in total.